The zero-order valence-electron chi connectivity index (χ0n) is 12.7. The zero-order chi connectivity index (χ0) is 15.1. The molecule has 0 saturated heterocycles. The smallest absolute Gasteiger partial charge is 0.257 e. The van der Waals surface area contributed by atoms with Crippen molar-refractivity contribution < 1.29 is 9.53 Å². The number of rotatable bonds is 2. The number of benzene rings is 2. The summed E-state index contributed by atoms with van der Waals surface area (Å²) in [6.07, 6.45) is 2.92. The molecule has 2 aliphatic rings. The third-order valence-corrected chi connectivity index (χ3v) is 4.84. The van der Waals surface area contributed by atoms with E-state index in [0.717, 1.165) is 30.4 Å². The van der Waals surface area contributed by atoms with Crippen molar-refractivity contribution in [2.75, 3.05) is 7.11 Å². The van der Waals surface area contributed by atoms with Gasteiger partial charge in [-0.3, -0.25) is 4.79 Å². The molecule has 1 aliphatic carbocycles. The Bertz CT molecular complexity index is 725. The van der Waals surface area contributed by atoms with Gasteiger partial charge in [0.05, 0.1) is 6.04 Å². The van der Waals surface area contributed by atoms with Crippen molar-refractivity contribution in [2.24, 2.45) is 0 Å². The standard InChI is InChI=1S/C19H19NO2/c1-22-19-16-11-5-4-10-15(16)18(21)20(19)17-12-6-8-13-7-2-3-9-14(13)17/h2-5,7,9-11,17,19H,6,8,12H2,1H3/t17-,19+/m0/s1. The van der Waals surface area contributed by atoms with Crippen LogP contribution < -0.4 is 0 Å². The fraction of sp³-hybridized carbons (Fsp3) is 0.316. The highest BCUT2D eigenvalue weighted by Gasteiger charge is 2.42. The lowest BCUT2D eigenvalue weighted by Gasteiger charge is -2.36. The molecule has 112 valence electrons. The number of aryl methyl sites for hydroxylation is 1. The number of hydrogen-bond acceptors (Lipinski definition) is 2. The first-order valence-corrected chi connectivity index (χ1v) is 7.83. The van der Waals surface area contributed by atoms with Crippen LogP contribution in [-0.4, -0.2) is 17.9 Å². The number of hydrogen-bond donors (Lipinski definition) is 0. The zero-order valence-corrected chi connectivity index (χ0v) is 12.7. The molecule has 0 bridgehead atoms. The van der Waals surface area contributed by atoms with Crippen LogP contribution in [0.3, 0.4) is 0 Å². The molecule has 0 fully saturated rings. The van der Waals surface area contributed by atoms with Crippen LogP contribution in [0.25, 0.3) is 0 Å². The van der Waals surface area contributed by atoms with E-state index in [1.807, 2.05) is 29.2 Å². The first-order valence-electron chi connectivity index (χ1n) is 7.83. The topological polar surface area (TPSA) is 29.5 Å². The van der Waals surface area contributed by atoms with Crippen LogP contribution >= 0.6 is 0 Å². The van der Waals surface area contributed by atoms with Crippen molar-refractivity contribution in [1.82, 2.24) is 4.90 Å². The molecule has 0 aromatic heterocycles. The van der Waals surface area contributed by atoms with Gasteiger partial charge in [-0.25, -0.2) is 0 Å². The quantitative estimate of drug-likeness (QED) is 0.841. The van der Waals surface area contributed by atoms with E-state index in [1.54, 1.807) is 7.11 Å². The van der Waals surface area contributed by atoms with Gasteiger partial charge >= 0.3 is 0 Å². The molecule has 0 spiro atoms. The van der Waals surface area contributed by atoms with Gasteiger partial charge in [-0.2, -0.15) is 0 Å². The minimum atomic E-state index is -0.278. The Morgan fingerprint density at radius 2 is 1.77 bits per heavy atom. The van der Waals surface area contributed by atoms with Crippen LogP contribution in [0.15, 0.2) is 48.5 Å². The van der Waals surface area contributed by atoms with Gasteiger partial charge in [0.1, 0.15) is 0 Å². The minimum Gasteiger partial charge on any atom is -0.357 e. The molecule has 3 nitrogen and oxygen atoms in total. The second-order valence-corrected chi connectivity index (χ2v) is 5.99. The lowest BCUT2D eigenvalue weighted by atomic mass is 9.87. The van der Waals surface area contributed by atoms with E-state index in [0.29, 0.717) is 0 Å². The summed E-state index contributed by atoms with van der Waals surface area (Å²) < 4.78 is 5.69. The van der Waals surface area contributed by atoms with Crippen molar-refractivity contribution >= 4 is 5.91 Å². The molecule has 0 saturated carbocycles. The Morgan fingerprint density at radius 1 is 1.05 bits per heavy atom. The predicted octanol–water partition coefficient (Wildman–Crippen LogP) is 3.87. The van der Waals surface area contributed by atoms with Crippen molar-refractivity contribution in [3.05, 3.63) is 70.8 Å². The molecule has 1 aliphatic heterocycles. The molecule has 2 atom stereocenters. The average molecular weight is 293 g/mol. The Labute approximate surface area is 130 Å². The summed E-state index contributed by atoms with van der Waals surface area (Å²) in [6, 6.07) is 16.4. The highest BCUT2D eigenvalue weighted by atomic mass is 16.5. The summed E-state index contributed by atoms with van der Waals surface area (Å²) in [4.78, 5) is 14.9. The Morgan fingerprint density at radius 3 is 2.59 bits per heavy atom. The molecule has 2 aromatic rings. The summed E-state index contributed by atoms with van der Waals surface area (Å²) >= 11 is 0. The molecule has 1 heterocycles. The molecule has 1 amide bonds. The van der Waals surface area contributed by atoms with Crippen LogP contribution in [0.5, 0.6) is 0 Å². The summed E-state index contributed by atoms with van der Waals surface area (Å²) in [6.45, 7) is 0. The second kappa shape index (κ2) is 5.25. The van der Waals surface area contributed by atoms with Crippen LogP contribution in [-0.2, 0) is 11.2 Å². The Kier molecular flexibility index (Phi) is 3.23. The molecule has 22 heavy (non-hydrogen) atoms. The van der Waals surface area contributed by atoms with E-state index in [-0.39, 0.29) is 18.2 Å². The number of amides is 1. The number of methoxy groups -OCH3 is 1. The number of carbonyl (C=O) groups excluding carboxylic acids is 1. The summed E-state index contributed by atoms with van der Waals surface area (Å²) in [7, 11) is 1.68. The van der Waals surface area contributed by atoms with Crippen LogP contribution in [0.2, 0.25) is 0 Å². The molecule has 2 aromatic carbocycles. The summed E-state index contributed by atoms with van der Waals surface area (Å²) in [5, 5.41) is 0. The highest BCUT2D eigenvalue weighted by molar-refractivity contribution is 5.99. The molecular weight excluding hydrogens is 274 g/mol. The SMILES string of the molecule is CO[C@@H]1c2ccccc2C(=O)N1[C@H]1CCCc2ccccc21. The van der Waals surface area contributed by atoms with Crippen molar-refractivity contribution in [1.29, 1.82) is 0 Å². The molecule has 0 unspecified atom stereocenters. The maximum Gasteiger partial charge on any atom is 0.257 e. The minimum absolute atomic E-state index is 0.0872. The first kappa shape index (κ1) is 13.5. The van der Waals surface area contributed by atoms with E-state index in [2.05, 4.69) is 24.3 Å². The molecular formula is C19H19NO2. The molecule has 4 rings (SSSR count). The maximum absolute atomic E-state index is 12.9. The lowest BCUT2D eigenvalue weighted by molar-refractivity contribution is -0.0350. The van der Waals surface area contributed by atoms with Gasteiger partial charge in [0.2, 0.25) is 0 Å². The number of fused-ring (bicyclic) bond motifs is 2. The van der Waals surface area contributed by atoms with Crippen molar-refractivity contribution in [3.8, 4) is 0 Å². The van der Waals surface area contributed by atoms with Gasteiger partial charge in [-0.05, 0) is 36.5 Å². The summed E-state index contributed by atoms with van der Waals surface area (Å²) in [5.41, 5.74) is 4.39. The van der Waals surface area contributed by atoms with E-state index in [4.69, 9.17) is 4.74 Å². The van der Waals surface area contributed by atoms with Gasteiger partial charge < -0.3 is 9.64 Å². The third-order valence-electron chi connectivity index (χ3n) is 4.84. The van der Waals surface area contributed by atoms with E-state index >= 15 is 0 Å². The van der Waals surface area contributed by atoms with E-state index < -0.39 is 0 Å². The highest BCUT2D eigenvalue weighted by Crippen LogP contribution is 2.44. The van der Waals surface area contributed by atoms with Crippen LogP contribution in [0, 0.1) is 0 Å². The third kappa shape index (κ3) is 1.89. The second-order valence-electron chi connectivity index (χ2n) is 5.99. The van der Waals surface area contributed by atoms with Gasteiger partial charge in [0.25, 0.3) is 5.91 Å². The van der Waals surface area contributed by atoms with Crippen molar-refractivity contribution in [3.63, 3.8) is 0 Å². The number of ether oxygens (including phenoxy) is 1. The Hall–Kier alpha value is -2.13. The van der Waals surface area contributed by atoms with Crippen molar-refractivity contribution in [2.45, 2.75) is 31.5 Å². The van der Waals surface area contributed by atoms with E-state index in [9.17, 15) is 4.79 Å². The van der Waals surface area contributed by atoms with Gasteiger partial charge in [0, 0.05) is 18.2 Å². The average Bonchev–Trinajstić information content (AvgIpc) is 2.87. The first-order chi connectivity index (χ1) is 10.8. The maximum atomic E-state index is 12.9. The fourth-order valence-electron chi connectivity index (χ4n) is 3.87. The number of nitrogens with zero attached hydrogens (tertiary/aromatic N) is 1. The van der Waals surface area contributed by atoms with Crippen LogP contribution in [0.1, 0.15) is 52.2 Å². The Balaban J connectivity index is 1.80. The largest absolute Gasteiger partial charge is 0.357 e. The predicted molar refractivity (Wildman–Crippen MR) is 84.5 cm³/mol. The van der Waals surface area contributed by atoms with E-state index in [1.165, 1.54) is 11.1 Å². The normalized spacial score (nSPS) is 23.3. The van der Waals surface area contributed by atoms with Gasteiger partial charge in [0.15, 0.2) is 6.23 Å². The molecule has 0 radical (unpaired) electrons. The van der Waals surface area contributed by atoms with Gasteiger partial charge in [-0.15, -0.1) is 0 Å². The molecule has 0 N–H and O–H groups in total. The van der Waals surface area contributed by atoms with Gasteiger partial charge in [-0.1, -0.05) is 42.5 Å². The molecule has 3 heteroatoms. The fourth-order valence-corrected chi connectivity index (χ4v) is 3.87. The van der Waals surface area contributed by atoms with Crippen LogP contribution in [0.4, 0.5) is 0 Å². The lowest BCUT2D eigenvalue weighted by Crippen LogP contribution is -2.35. The monoisotopic (exact) mass is 293 g/mol. The summed E-state index contributed by atoms with van der Waals surface area (Å²) in [5.74, 6) is 0.0872. The number of carbonyl (C=O) groups is 1.